The lowest BCUT2D eigenvalue weighted by molar-refractivity contribution is 0.153. The Morgan fingerprint density at radius 3 is 2.76 bits per heavy atom. The normalized spacial score (nSPS) is 18.9. The van der Waals surface area contributed by atoms with Crippen LogP contribution in [-0.2, 0) is 11.3 Å². The highest BCUT2D eigenvalue weighted by molar-refractivity contribution is 7.17. The number of anilines is 1. The largest absolute Gasteiger partial charge is 0.487 e. The van der Waals surface area contributed by atoms with Gasteiger partial charge in [0.15, 0.2) is 5.06 Å². The third-order valence-corrected chi connectivity index (χ3v) is 8.63. The van der Waals surface area contributed by atoms with Crippen LogP contribution < -0.4 is 15.6 Å². The van der Waals surface area contributed by atoms with Gasteiger partial charge in [-0.1, -0.05) is 35.1 Å². The zero-order chi connectivity index (χ0) is 26.4. The Hall–Kier alpha value is -3.56. The standard InChI is InChI=1S/C28H27ClN4O4S/c1-16-30-24-12-21(25-7-8-26(36-2)38-25)23(31-19-9-10-32-20(11-19)15-37-28(32)35)13-22(24)27(34)33(16)14-17-3-5-18(29)6-4-17/h3-8,12-13,19-20,31H,9-11,14-15H2,1-2H3/t19-,20-/m0/s1. The van der Waals surface area contributed by atoms with Gasteiger partial charge in [0.25, 0.3) is 5.56 Å². The summed E-state index contributed by atoms with van der Waals surface area (Å²) in [6.07, 6.45) is 1.35. The number of nitrogens with one attached hydrogen (secondary N) is 1. The molecular formula is C28H27ClN4O4S. The number of carbonyl (C=O) groups is 1. The van der Waals surface area contributed by atoms with Crippen molar-refractivity contribution in [1.29, 1.82) is 0 Å². The number of aromatic nitrogens is 2. The number of halogens is 1. The second-order valence-electron chi connectivity index (χ2n) is 9.70. The van der Waals surface area contributed by atoms with E-state index in [4.69, 9.17) is 26.1 Å². The molecular weight excluding hydrogens is 524 g/mol. The number of ether oxygens (including phenoxy) is 2. The average Bonchev–Trinajstić information content (AvgIpc) is 3.54. The summed E-state index contributed by atoms with van der Waals surface area (Å²) in [4.78, 5) is 33.4. The second kappa shape index (κ2) is 9.96. The van der Waals surface area contributed by atoms with Gasteiger partial charge in [-0.05, 0) is 61.7 Å². The molecule has 2 aliphatic heterocycles. The fourth-order valence-electron chi connectivity index (χ4n) is 5.29. The number of aryl methyl sites for hydroxylation is 1. The van der Waals surface area contributed by atoms with Gasteiger partial charge < -0.3 is 19.7 Å². The molecule has 2 aromatic heterocycles. The number of hydrogen-bond donors (Lipinski definition) is 1. The van der Waals surface area contributed by atoms with Crippen LogP contribution in [0.5, 0.6) is 5.06 Å². The number of benzene rings is 2. The summed E-state index contributed by atoms with van der Waals surface area (Å²) in [7, 11) is 1.65. The van der Waals surface area contributed by atoms with Crippen molar-refractivity contribution in [2.24, 2.45) is 0 Å². The van der Waals surface area contributed by atoms with E-state index in [9.17, 15) is 9.59 Å². The molecule has 8 nitrogen and oxygen atoms in total. The minimum absolute atomic E-state index is 0.0698. The highest BCUT2D eigenvalue weighted by Gasteiger charge is 2.38. The Bertz CT molecular complexity index is 1580. The Morgan fingerprint density at radius 2 is 2.00 bits per heavy atom. The van der Waals surface area contributed by atoms with Crippen molar-refractivity contribution in [3.05, 3.63) is 75.3 Å². The Balaban J connectivity index is 1.41. The van der Waals surface area contributed by atoms with Crippen LogP contribution in [0.25, 0.3) is 21.3 Å². The first-order chi connectivity index (χ1) is 18.4. The Kier molecular flexibility index (Phi) is 6.49. The fourth-order valence-corrected chi connectivity index (χ4v) is 6.26. The van der Waals surface area contributed by atoms with Crippen LogP contribution in [0.3, 0.4) is 0 Å². The van der Waals surface area contributed by atoms with Crippen molar-refractivity contribution in [3.63, 3.8) is 0 Å². The SMILES string of the molecule is COc1ccc(-c2cc3nc(C)n(Cc4ccc(Cl)cc4)c(=O)c3cc2N[C@H]2CCN3C(=O)OC[C@@H]3C2)s1. The Morgan fingerprint density at radius 1 is 1.18 bits per heavy atom. The topological polar surface area (TPSA) is 85.7 Å². The van der Waals surface area contributed by atoms with Crippen LogP contribution in [0.15, 0.2) is 53.3 Å². The average molecular weight is 551 g/mol. The van der Waals surface area contributed by atoms with Gasteiger partial charge in [0.2, 0.25) is 0 Å². The summed E-state index contributed by atoms with van der Waals surface area (Å²) < 4.78 is 12.4. The van der Waals surface area contributed by atoms with Gasteiger partial charge in [-0.2, -0.15) is 0 Å². The second-order valence-corrected chi connectivity index (χ2v) is 11.2. The molecule has 0 radical (unpaired) electrons. The van der Waals surface area contributed by atoms with Gasteiger partial charge in [0.1, 0.15) is 12.4 Å². The number of amides is 1. The number of cyclic esters (lactones) is 1. The number of piperidine rings is 1. The molecule has 2 aliphatic rings. The summed E-state index contributed by atoms with van der Waals surface area (Å²) in [5, 5.41) is 5.71. The number of carbonyl (C=O) groups excluding carboxylic acids is 1. The van der Waals surface area contributed by atoms with Gasteiger partial charge in [0, 0.05) is 33.7 Å². The summed E-state index contributed by atoms with van der Waals surface area (Å²) in [6.45, 7) is 3.33. The van der Waals surface area contributed by atoms with Crippen molar-refractivity contribution in [3.8, 4) is 15.5 Å². The molecule has 1 amide bonds. The van der Waals surface area contributed by atoms with Crippen LogP contribution in [0.1, 0.15) is 24.2 Å². The zero-order valence-corrected chi connectivity index (χ0v) is 22.6. The van der Waals surface area contributed by atoms with Gasteiger partial charge >= 0.3 is 6.09 Å². The minimum atomic E-state index is -0.229. The smallest absolute Gasteiger partial charge is 0.410 e. The molecule has 2 fully saturated rings. The van der Waals surface area contributed by atoms with Crippen molar-refractivity contribution < 1.29 is 14.3 Å². The summed E-state index contributed by atoms with van der Waals surface area (Å²) in [5.41, 5.74) is 3.37. The van der Waals surface area contributed by atoms with Crippen LogP contribution in [-0.4, -0.2) is 52.9 Å². The van der Waals surface area contributed by atoms with Crippen LogP contribution in [0.4, 0.5) is 10.5 Å². The molecule has 6 rings (SSSR count). The summed E-state index contributed by atoms with van der Waals surface area (Å²) in [6, 6.07) is 15.6. The van der Waals surface area contributed by atoms with E-state index in [0.717, 1.165) is 39.6 Å². The monoisotopic (exact) mass is 550 g/mol. The fraction of sp³-hybridized carbons (Fsp3) is 0.321. The maximum absolute atomic E-state index is 13.7. The molecule has 196 valence electrons. The lowest BCUT2D eigenvalue weighted by atomic mass is 9.97. The van der Waals surface area contributed by atoms with Crippen LogP contribution in [0.2, 0.25) is 5.02 Å². The van der Waals surface area contributed by atoms with Gasteiger partial charge in [0.05, 0.1) is 30.6 Å². The quantitative estimate of drug-likeness (QED) is 0.339. The van der Waals surface area contributed by atoms with Crippen LogP contribution in [0, 0.1) is 6.92 Å². The molecule has 2 atom stereocenters. The van der Waals surface area contributed by atoms with E-state index in [1.807, 2.05) is 60.4 Å². The van der Waals surface area contributed by atoms with E-state index < -0.39 is 0 Å². The first-order valence-corrected chi connectivity index (χ1v) is 13.7. The maximum Gasteiger partial charge on any atom is 0.410 e. The molecule has 0 saturated carbocycles. The third kappa shape index (κ3) is 4.61. The first-order valence-electron chi connectivity index (χ1n) is 12.5. The lowest BCUT2D eigenvalue weighted by Gasteiger charge is -2.33. The van der Waals surface area contributed by atoms with Crippen molar-refractivity contribution >= 4 is 45.6 Å². The number of nitrogens with zero attached hydrogens (tertiary/aromatic N) is 3. The third-order valence-electron chi connectivity index (χ3n) is 7.30. The highest BCUT2D eigenvalue weighted by atomic mass is 35.5. The molecule has 4 aromatic rings. The molecule has 0 aliphatic carbocycles. The van der Waals surface area contributed by atoms with E-state index in [1.54, 1.807) is 23.0 Å². The molecule has 2 saturated heterocycles. The number of thiophene rings is 1. The summed E-state index contributed by atoms with van der Waals surface area (Å²) >= 11 is 7.59. The molecule has 2 aromatic carbocycles. The number of rotatable bonds is 6. The van der Waals surface area contributed by atoms with E-state index in [-0.39, 0.29) is 23.7 Å². The molecule has 1 N–H and O–H groups in total. The molecule has 10 heteroatoms. The molecule has 0 bridgehead atoms. The van der Waals surface area contributed by atoms with Crippen molar-refractivity contribution in [2.45, 2.75) is 38.4 Å². The minimum Gasteiger partial charge on any atom is -0.487 e. The van der Waals surface area contributed by atoms with Gasteiger partial charge in [-0.3, -0.25) is 9.36 Å². The zero-order valence-electron chi connectivity index (χ0n) is 21.1. The van der Waals surface area contributed by atoms with E-state index in [1.165, 1.54) is 0 Å². The maximum atomic E-state index is 13.7. The van der Waals surface area contributed by atoms with Crippen molar-refractivity contribution in [2.75, 3.05) is 25.6 Å². The van der Waals surface area contributed by atoms with Gasteiger partial charge in [-0.15, -0.1) is 0 Å². The number of fused-ring (bicyclic) bond motifs is 2. The van der Waals surface area contributed by atoms with Gasteiger partial charge in [-0.25, -0.2) is 9.78 Å². The predicted octanol–water partition coefficient (Wildman–Crippen LogP) is 5.54. The van der Waals surface area contributed by atoms with Crippen LogP contribution >= 0.6 is 22.9 Å². The number of methoxy groups -OCH3 is 1. The first kappa shape index (κ1) is 24.8. The molecule has 38 heavy (non-hydrogen) atoms. The van der Waals surface area contributed by atoms with E-state index >= 15 is 0 Å². The summed E-state index contributed by atoms with van der Waals surface area (Å²) in [5.74, 6) is 0.645. The molecule has 4 heterocycles. The Labute approximate surface area is 228 Å². The van der Waals surface area contributed by atoms with E-state index in [2.05, 4.69) is 5.32 Å². The lowest BCUT2D eigenvalue weighted by Crippen LogP contribution is -2.45. The van der Waals surface area contributed by atoms with E-state index in [0.29, 0.717) is 41.4 Å². The van der Waals surface area contributed by atoms with Crippen molar-refractivity contribution in [1.82, 2.24) is 14.5 Å². The number of hydrogen-bond acceptors (Lipinski definition) is 7. The predicted molar refractivity (Wildman–Crippen MR) is 150 cm³/mol. The molecule has 0 spiro atoms. The molecule has 0 unspecified atom stereocenters. The highest BCUT2D eigenvalue weighted by Crippen LogP contribution is 2.39.